The predicted octanol–water partition coefficient (Wildman–Crippen LogP) is 3.32. The van der Waals surface area contributed by atoms with Crippen LogP contribution < -0.4 is 5.32 Å². The van der Waals surface area contributed by atoms with E-state index in [1.54, 1.807) is 12.1 Å². The van der Waals surface area contributed by atoms with E-state index in [0.717, 1.165) is 5.69 Å². The number of phenols is 1. The molecule has 0 spiro atoms. The first-order chi connectivity index (χ1) is 7.60. The Hall–Kier alpha value is -1.70. The molecule has 84 valence electrons. The predicted molar refractivity (Wildman–Crippen MR) is 67.6 cm³/mol. The van der Waals surface area contributed by atoms with Gasteiger partial charge >= 0.3 is 0 Å². The maximum Gasteiger partial charge on any atom is 0.115 e. The van der Waals surface area contributed by atoms with E-state index in [0.29, 0.717) is 11.7 Å². The van der Waals surface area contributed by atoms with Gasteiger partial charge in [0.05, 0.1) is 5.54 Å². The average molecular weight is 215 g/mol. The van der Waals surface area contributed by atoms with Crippen LogP contribution >= 0.6 is 0 Å². The molecule has 0 saturated carbocycles. The Labute approximate surface area is 96.3 Å². The van der Waals surface area contributed by atoms with Crippen molar-refractivity contribution >= 4 is 5.69 Å². The molecule has 0 aromatic heterocycles. The summed E-state index contributed by atoms with van der Waals surface area (Å²) in [5, 5.41) is 12.7. The van der Waals surface area contributed by atoms with Crippen LogP contribution in [0.1, 0.15) is 13.8 Å². The fraction of sp³-hybridized carbons (Fsp3) is 0.286. The second kappa shape index (κ2) is 4.05. The van der Waals surface area contributed by atoms with Crippen LogP contribution in [0, 0.1) is 5.92 Å². The number of phenolic OH excluding ortho intramolecular Hbond substituents is 1. The normalized spacial score (nSPS) is 28.0. The summed E-state index contributed by atoms with van der Waals surface area (Å²) in [5.41, 5.74) is 0.957. The Bertz CT molecular complexity index is 419. The highest BCUT2D eigenvalue weighted by Gasteiger charge is 2.27. The van der Waals surface area contributed by atoms with E-state index < -0.39 is 0 Å². The lowest BCUT2D eigenvalue weighted by atomic mass is 9.83. The zero-order valence-electron chi connectivity index (χ0n) is 9.64. The summed E-state index contributed by atoms with van der Waals surface area (Å²) < 4.78 is 0. The maximum absolute atomic E-state index is 9.23. The molecule has 0 heterocycles. The summed E-state index contributed by atoms with van der Waals surface area (Å²) in [6.07, 6.45) is 8.50. The lowest BCUT2D eigenvalue weighted by Gasteiger charge is -2.35. The van der Waals surface area contributed by atoms with Crippen molar-refractivity contribution < 1.29 is 5.11 Å². The molecule has 0 saturated heterocycles. The van der Waals surface area contributed by atoms with Crippen LogP contribution in [0.4, 0.5) is 5.69 Å². The van der Waals surface area contributed by atoms with Crippen molar-refractivity contribution in [3.63, 3.8) is 0 Å². The molecule has 1 aliphatic rings. The topological polar surface area (TPSA) is 32.3 Å². The van der Waals surface area contributed by atoms with Crippen LogP contribution in [0.25, 0.3) is 0 Å². The van der Waals surface area contributed by atoms with Crippen LogP contribution in [-0.2, 0) is 0 Å². The third-order valence-electron chi connectivity index (χ3n) is 3.18. The van der Waals surface area contributed by atoms with Gasteiger partial charge in [0.2, 0.25) is 0 Å². The second-order valence-corrected chi connectivity index (χ2v) is 4.49. The second-order valence-electron chi connectivity index (χ2n) is 4.49. The summed E-state index contributed by atoms with van der Waals surface area (Å²) in [4.78, 5) is 0. The Morgan fingerprint density at radius 3 is 2.50 bits per heavy atom. The van der Waals surface area contributed by atoms with Crippen molar-refractivity contribution in [3.8, 4) is 5.75 Å². The van der Waals surface area contributed by atoms with Gasteiger partial charge in [0.15, 0.2) is 0 Å². The number of hydrogen-bond acceptors (Lipinski definition) is 2. The molecule has 2 nitrogen and oxygen atoms in total. The zero-order chi connectivity index (χ0) is 11.6. The van der Waals surface area contributed by atoms with Crippen molar-refractivity contribution in [2.75, 3.05) is 5.32 Å². The highest BCUT2D eigenvalue weighted by molar-refractivity contribution is 5.50. The van der Waals surface area contributed by atoms with Crippen LogP contribution in [0.15, 0.2) is 48.6 Å². The summed E-state index contributed by atoms with van der Waals surface area (Å²) in [7, 11) is 0. The number of nitrogens with one attached hydrogen (secondary N) is 1. The van der Waals surface area contributed by atoms with Gasteiger partial charge in [-0.2, -0.15) is 0 Å². The number of anilines is 1. The highest BCUT2D eigenvalue weighted by Crippen LogP contribution is 2.28. The quantitative estimate of drug-likeness (QED) is 0.742. The van der Waals surface area contributed by atoms with Crippen LogP contribution in [0.3, 0.4) is 0 Å². The largest absolute Gasteiger partial charge is 0.508 e. The summed E-state index contributed by atoms with van der Waals surface area (Å²) >= 11 is 0. The lowest BCUT2D eigenvalue weighted by molar-refractivity contribution is 0.474. The molecule has 2 atom stereocenters. The SMILES string of the molecule is CC1C=CC=CC1(C)Nc1ccc(O)cc1. The third kappa shape index (κ3) is 2.11. The minimum Gasteiger partial charge on any atom is -0.508 e. The molecule has 0 amide bonds. The number of allylic oxidation sites excluding steroid dienone is 2. The van der Waals surface area contributed by atoms with Crippen LogP contribution in [0.2, 0.25) is 0 Å². The van der Waals surface area contributed by atoms with E-state index in [1.165, 1.54) is 0 Å². The molecular formula is C14H17NO. The van der Waals surface area contributed by atoms with Crippen LogP contribution in [-0.4, -0.2) is 10.6 Å². The van der Waals surface area contributed by atoms with Gasteiger partial charge in [-0.25, -0.2) is 0 Å². The van der Waals surface area contributed by atoms with E-state index in [9.17, 15) is 5.11 Å². The zero-order valence-corrected chi connectivity index (χ0v) is 9.64. The van der Waals surface area contributed by atoms with E-state index in [4.69, 9.17) is 0 Å². The van der Waals surface area contributed by atoms with Gasteiger partial charge in [-0.1, -0.05) is 31.2 Å². The number of aromatic hydroxyl groups is 1. The molecule has 0 radical (unpaired) electrons. The monoisotopic (exact) mass is 215 g/mol. The average Bonchev–Trinajstić information content (AvgIpc) is 2.26. The van der Waals surface area contributed by atoms with Gasteiger partial charge in [-0.3, -0.25) is 0 Å². The molecule has 16 heavy (non-hydrogen) atoms. The Morgan fingerprint density at radius 2 is 1.88 bits per heavy atom. The van der Waals surface area contributed by atoms with Crippen molar-refractivity contribution in [1.82, 2.24) is 0 Å². The number of benzene rings is 1. The summed E-state index contributed by atoms with van der Waals surface area (Å²) in [6.45, 7) is 4.36. The molecular weight excluding hydrogens is 198 g/mol. The molecule has 1 aromatic rings. The standard InChI is InChI=1S/C14H17NO/c1-11-5-3-4-10-14(11,2)15-12-6-8-13(16)9-7-12/h3-11,15-16H,1-2H3. The molecule has 2 unspecified atom stereocenters. The molecule has 0 fully saturated rings. The van der Waals surface area contributed by atoms with Crippen molar-refractivity contribution in [3.05, 3.63) is 48.6 Å². The molecule has 2 rings (SSSR count). The van der Waals surface area contributed by atoms with Gasteiger partial charge < -0.3 is 10.4 Å². The first-order valence-corrected chi connectivity index (χ1v) is 5.53. The van der Waals surface area contributed by atoms with Crippen LogP contribution in [0.5, 0.6) is 5.75 Å². The van der Waals surface area contributed by atoms with Crippen molar-refractivity contribution in [1.29, 1.82) is 0 Å². The summed E-state index contributed by atoms with van der Waals surface area (Å²) in [5.74, 6) is 0.731. The first-order valence-electron chi connectivity index (χ1n) is 5.53. The minimum absolute atomic E-state index is 0.0638. The molecule has 1 aliphatic carbocycles. The summed E-state index contributed by atoms with van der Waals surface area (Å²) in [6, 6.07) is 7.16. The molecule has 2 heteroatoms. The van der Waals surface area contributed by atoms with Gasteiger partial charge in [-0.15, -0.1) is 0 Å². The van der Waals surface area contributed by atoms with Crippen molar-refractivity contribution in [2.24, 2.45) is 5.92 Å². The molecule has 0 bridgehead atoms. The lowest BCUT2D eigenvalue weighted by Crippen LogP contribution is -2.39. The molecule has 1 aromatic carbocycles. The number of rotatable bonds is 2. The smallest absolute Gasteiger partial charge is 0.115 e. The van der Waals surface area contributed by atoms with E-state index in [-0.39, 0.29) is 5.54 Å². The van der Waals surface area contributed by atoms with Crippen molar-refractivity contribution in [2.45, 2.75) is 19.4 Å². The maximum atomic E-state index is 9.23. The minimum atomic E-state index is -0.0638. The van der Waals surface area contributed by atoms with E-state index in [1.807, 2.05) is 12.1 Å². The fourth-order valence-electron chi connectivity index (χ4n) is 1.85. The van der Waals surface area contributed by atoms with Gasteiger partial charge in [-0.05, 0) is 31.2 Å². The Morgan fingerprint density at radius 1 is 1.19 bits per heavy atom. The Kier molecular flexibility index (Phi) is 2.73. The number of hydrogen-bond donors (Lipinski definition) is 2. The van der Waals surface area contributed by atoms with E-state index in [2.05, 4.69) is 43.5 Å². The molecule has 0 aliphatic heterocycles. The first kappa shape index (κ1) is 10.8. The Balaban J connectivity index is 2.17. The van der Waals surface area contributed by atoms with Gasteiger partial charge in [0.1, 0.15) is 5.75 Å². The fourth-order valence-corrected chi connectivity index (χ4v) is 1.85. The van der Waals surface area contributed by atoms with Gasteiger partial charge in [0.25, 0.3) is 0 Å². The molecule has 2 N–H and O–H groups in total. The third-order valence-corrected chi connectivity index (χ3v) is 3.18. The highest BCUT2D eigenvalue weighted by atomic mass is 16.3. The van der Waals surface area contributed by atoms with E-state index >= 15 is 0 Å². The van der Waals surface area contributed by atoms with Gasteiger partial charge in [0, 0.05) is 11.6 Å².